The smallest absolute Gasteiger partial charge is 0.169 e. The first-order chi connectivity index (χ1) is 12.3. The molecule has 0 bridgehead atoms. The van der Waals surface area contributed by atoms with E-state index in [2.05, 4.69) is 37.2 Å². The van der Waals surface area contributed by atoms with Gasteiger partial charge >= 0.3 is 0 Å². The second-order valence-electron chi connectivity index (χ2n) is 8.91. The fourth-order valence-electron chi connectivity index (χ4n) is 5.03. The van der Waals surface area contributed by atoms with Crippen molar-refractivity contribution in [3.63, 3.8) is 0 Å². The van der Waals surface area contributed by atoms with Crippen molar-refractivity contribution >= 4 is 11.5 Å². The number of ether oxygens (including phenoxy) is 2. The zero-order valence-corrected chi connectivity index (χ0v) is 15.8. The van der Waals surface area contributed by atoms with E-state index in [4.69, 9.17) is 14.9 Å². The van der Waals surface area contributed by atoms with E-state index in [1.165, 1.54) is 0 Å². The number of nitrogens with one attached hydrogen (secondary N) is 4. The van der Waals surface area contributed by atoms with E-state index >= 15 is 0 Å². The van der Waals surface area contributed by atoms with Crippen molar-refractivity contribution in [2.24, 2.45) is 10.8 Å². The lowest BCUT2D eigenvalue weighted by atomic mass is 9.62. The minimum atomic E-state index is -0.453. The van der Waals surface area contributed by atoms with E-state index < -0.39 is 5.79 Å². The quantitative estimate of drug-likeness (QED) is 0.664. The summed E-state index contributed by atoms with van der Waals surface area (Å²) in [6, 6.07) is 7.80. The highest BCUT2D eigenvalue weighted by atomic mass is 16.7. The van der Waals surface area contributed by atoms with Crippen LogP contribution in [0.3, 0.4) is 0 Å². The maximum atomic E-state index is 8.46. The number of fused-ring (bicyclic) bond motifs is 1. The van der Waals surface area contributed by atoms with Gasteiger partial charge in [-0.3, -0.25) is 5.41 Å². The van der Waals surface area contributed by atoms with Crippen LogP contribution in [0.4, 0.5) is 5.69 Å². The third-order valence-electron chi connectivity index (χ3n) is 5.54. The molecule has 1 saturated carbocycles. The topological polar surface area (TPSA) is 81.6 Å². The van der Waals surface area contributed by atoms with Crippen molar-refractivity contribution in [3.05, 3.63) is 29.8 Å². The molecule has 142 valence electrons. The average molecular weight is 359 g/mol. The number of rotatable bonds is 3. The van der Waals surface area contributed by atoms with Crippen LogP contribution in [0.1, 0.15) is 45.6 Å². The molecule has 2 heterocycles. The number of hydrogen-bond acceptors (Lipinski definition) is 6. The Morgan fingerprint density at radius 3 is 2.62 bits per heavy atom. The summed E-state index contributed by atoms with van der Waals surface area (Å²) in [4.78, 5) is 0. The molecule has 1 spiro atoms. The molecule has 2 fully saturated rings. The third kappa shape index (κ3) is 3.32. The Kier molecular flexibility index (Phi) is 4.23. The minimum absolute atomic E-state index is 0.00498. The van der Waals surface area contributed by atoms with Gasteiger partial charge < -0.3 is 14.9 Å². The lowest BCUT2D eigenvalue weighted by Gasteiger charge is -2.51. The van der Waals surface area contributed by atoms with E-state index in [0.717, 1.165) is 37.1 Å². The first-order valence-corrected chi connectivity index (χ1v) is 9.31. The summed E-state index contributed by atoms with van der Waals surface area (Å²) in [7, 11) is 0. The number of benzene rings is 1. The summed E-state index contributed by atoms with van der Waals surface area (Å²) >= 11 is 0. The first-order valence-electron chi connectivity index (χ1n) is 9.31. The molecule has 1 aromatic carbocycles. The summed E-state index contributed by atoms with van der Waals surface area (Å²) in [6.45, 7) is 8.94. The van der Waals surface area contributed by atoms with Crippen LogP contribution < -0.4 is 16.4 Å². The third-order valence-corrected chi connectivity index (χ3v) is 5.54. The van der Waals surface area contributed by atoms with Crippen LogP contribution in [0.25, 0.3) is 0 Å². The van der Waals surface area contributed by atoms with E-state index in [9.17, 15) is 0 Å². The number of hydrogen-bond donors (Lipinski definition) is 4. The Labute approximate surface area is 154 Å². The molecular formula is C19H29N5O2. The first kappa shape index (κ1) is 17.7. The van der Waals surface area contributed by atoms with Gasteiger partial charge in [-0.2, -0.15) is 0 Å². The molecule has 1 aromatic rings. The van der Waals surface area contributed by atoms with Crippen LogP contribution in [0, 0.1) is 16.2 Å². The highest BCUT2D eigenvalue weighted by Crippen LogP contribution is 2.53. The molecule has 1 saturated heterocycles. The molecule has 3 aliphatic rings. The van der Waals surface area contributed by atoms with Gasteiger partial charge in [0.1, 0.15) is 0 Å². The zero-order chi connectivity index (χ0) is 18.4. The van der Waals surface area contributed by atoms with Crippen molar-refractivity contribution in [3.8, 4) is 0 Å². The van der Waals surface area contributed by atoms with Gasteiger partial charge in [-0.05, 0) is 29.4 Å². The molecule has 2 aliphatic heterocycles. The zero-order valence-electron chi connectivity index (χ0n) is 15.8. The van der Waals surface area contributed by atoms with Crippen LogP contribution in [-0.2, 0) is 9.47 Å². The molecule has 1 atom stereocenters. The molecule has 4 rings (SSSR count). The predicted octanol–water partition coefficient (Wildman–Crippen LogP) is 2.62. The largest absolute Gasteiger partial charge is 0.347 e. The fraction of sp³-hybridized carbons (Fsp3) is 0.632. The van der Waals surface area contributed by atoms with Crippen molar-refractivity contribution in [1.82, 2.24) is 16.1 Å². The Morgan fingerprint density at radius 2 is 1.85 bits per heavy atom. The van der Waals surface area contributed by atoms with Crippen LogP contribution in [0.5, 0.6) is 0 Å². The highest BCUT2D eigenvalue weighted by Gasteiger charge is 2.52. The van der Waals surface area contributed by atoms with Gasteiger partial charge in [0.25, 0.3) is 0 Å². The second kappa shape index (κ2) is 6.20. The SMILES string of the molecule is CC1(C)CC2(C[C@](C)(CNN3NNc4ccccc4C3=N)C1)OCCO2. The monoisotopic (exact) mass is 359 g/mol. The molecule has 7 heteroatoms. The Hall–Kier alpha value is -1.67. The van der Waals surface area contributed by atoms with Crippen LogP contribution in [0.2, 0.25) is 0 Å². The normalized spacial score (nSPS) is 29.5. The number of hydrazine groups is 3. The average Bonchev–Trinajstić information content (AvgIpc) is 2.99. The van der Waals surface area contributed by atoms with Gasteiger partial charge in [0.05, 0.1) is 18.9 Å². The molecule has 0 aromatic heterocycles. The highest BCUT2D eigenvalue weighted by molar-refractivity contribution is 6.02. The fourth-order valence-corrected chi connectivity index (χ4v) is 5.03. The summed E-state index contributed by atoms with van der Waals surface area (Å²) in [5.41, 5.74) is 11.5. The molecule has 1 aliphatic carbocycles. The Balaban J connectivity index is 1.46. The molecule has 7 nitrogen and oxygen atoms in total. The lowest BCUT2D eigenvalue weighted by molar-refractivity contribution is -0.224. The summed E-state index contributed by atoms with van der Waals surface area (Å²) in [6.07, 6.45) is 2.87. The molecule has 26 heavy (non-hydrogen) atoms. The molecular weight excluding hydrogens is 330 g/mol. The van der Waals surface area contributed by atoms with Crippen molar-refractivity contribution in [1.29, 1.82) is 5.41 Å². The van der Waals surface area contributed by atoms with E-state index in [1.807, 2.05) is 24.3 Å². The van der Waals surface area contributed by atoms with Gasteiger partial charge in [0.2, 0.25) is 0 Å². The number of nitrogens with zero attached hydrogens (tertiary/aromatic N) is 1. The summed E-state index contributed by atoms with van der Waals surface area (Å²) in [5.74, 6) is -0.0487. The van der Waals surface area contributed by atoms with Crippen molar-refractivity contribution < 1.29 is 9.47 Å². The summed E-state index contributed by atoms with van der Waals surface area (Å²) in [5, 5.41) is 10.1. The van der Waals surface area contributed by atoms with Crippen LogP contribution in [-0.4, -0.2) is 36.5 Å². The maximum absolute atomic E-state index is 8.46. The molecule has 4 N–H and O–H groups in total. The standard InChI is InChI=1S/C19H29N5O2/c1-17(2)10-18(3,12-19(11-17)25-8-9-26-19)13-21-24-16(20)14-6-4-5-7-15(14)22-23-24/h4-7,20-23H,8-13H2,1-3H3/t18-/m1/s1. The number of anilines is 1. The summed E-state index contributed by atoms with van der Waals surface area (Å²) < 4.78 is 12.1. The van der Waals surface area contributed by atoms with E-state index in [-0.39, 0.29) is 10.8 Å². The van der Waals surface area contributed by atoms with E-state index in [0.29, 0.717) is 19.0 Å². The Morgan fingerprint density at radius 1 is 1.12 bits per heavy atom. The maximum Gasteiger partial charge on any atom is 0.169 e. The molecule has 0 radical (unpaired) electrons. The second-order valence-corrected chi connectivity index (χ2v) is 8.91. The Bertz CT molecular complexity index is 701. The van der Waals surface area contributed by atoms with Crippen LogP contribution in [0.15, 0.2) is 24.3 Å². The molecule has 0 unspecified atom stereocenters. The van der Waals surface area contributed by atoms with Gasteiger partial charge in [0.15, 0.2) is 11.6 Å². The van der Waals surface area contributed by atoms with Gasteiger partial charge in [-0.25, -0.2) is 10.5 Å². The number of amidine groups is 1. The minimum Gasteiger partial charge on any atom is -0.347 e. The van der Waals surface area contributed by atoms with E-state index in [1.54, 1.807) is 5.12 Å². The van der Waals surface area contributed by atoms with Gasteiger partial charge in [-0.15, -0.1) is 5.53 Å². The van der Waals surface area contributed by atoms with Crippen molar-refractivity contribution in [2.45, 2.75) is 45.8 Å². The van der Waals surface area contributed by atoms with Crippen molar-refractivity contribution in [2.75, 3.05) is 25.2 Å². The van der Waals surface area contributed by atoms with Gasteiger partial charge in [-0.1, -0.05) is 32.9 Å². The van der Waals surface area contributed by atoms with Gasteiger partial charge in [0, 0.05) is 24.9 Å². The van der Waals surface area contributed by atoms with Crippen LogP contribution >= 0.6 is 0 Å². The number of para-hydroxylation sites is 1. The predicted molar refractivity (Wildman–Crippen MR) is 100 cm³/mol. The molecule has 0 amide bonds. The lowest BCUT2D eigenvalue weighted by Crippen LogP contribution is -2.60.